The highest BCUT2D eigenvalue weighted by Gasteiger charge is 2.38. The zero-order valence-electron chi connectivity index (χ0n) is 12.6. The van der Waals surface area contributed by atoms with E-state index in [0.29, 0.717) is 0 Å². The fourth-order valence-electron chi connectivity index (χ4n) is 2.85. The molecule has 2 heterocycles. The summed E-state index contributed by atoms with van der Waals surface area (Å²) in [4.78, 5) is 2.12. The zero-order chi connectivity index (χ0) is 14.8. The molecule has 5 nitrogen and oxygen atoms in total. The first kappa shape index (κ1) is 15.9. The average molecular weight is 345 g/mol. The van der Waals surface area contributed by atoms with E-state index in [4.69, 9.17) is 0 Å². The lowest BCUT2D eigenvalue weighted by molar-refractivity contribution is -0.0241. The molecule has 2 N–H and O–H groups in total. The van der Waals surface area contributed by atoms with Gasteiger partial charge in [0.1, 0.15) is 5.60 Å². The van der Waals surface area contributed by atoms with E-state index in [1.807, 2.05) is 25.7 Å². The van der Waals surface area contributed by atoms with Crippen molar-refractivity contribution in [2.24, 2.45) is 5.92 Å². The summed E-state index contributed by atoms with van der Waals surface area (Å²) in [5.74, 6) is 0.224. The summed E-state index contributed by atoms with van der Waals surface area (Å²) >= 11 is 3.55. The third kappa shape index (κ3) is 3.42. The maximum absolute atomic E-state index is 11.1. The Labute approximate surface area is 129 Å². The summed E-state index contributed by atoms with van der Waals surface area (Å²) in [6, 6.07) is 0. The van der Waals surface area contributed by atoms with Crippen molar-refractivity contribution < 1.29 is 5.11 Å². The lowest BCUT2D eigenvalue weighted by atomic mass is 9.81. The van der Waals surface area contributed by atoms with Crippen LogP contribution in [0.5, 0.6) is 0 Å². The van der Waals surface area contributed by atoms with E-state index in [0.717, 1.165) is 49.2 Å². The molecule has 2 unspecified atom stereocenters. The normalized spacial score (nSPS) is 23.0. The van der Waals surface area contributed by atoms with Crippen LogP contribution >= 0.6 is 15.9 Å². The van der Waals surface area contributed by atoms with Gasteiger partial charge in [0, 0.05) is 19.0 Å². The Bertz CT molecular complexity index is 438. The third-order valence-corrected chi connectivity index (χ3v) is 4.71. The van der Waals surface area contributed by atoms with Crippen LogP contribution < -0.4 is 5.32 Å². The summed E-state index contributed by atoms with van der Waals surface area (Å²) in [5.41, 5.74) is 0.0303. The quantitative estimate of drug-likeness (QED) is 0.848. The van der Waals surface area contributed by atoms with Crippen molar-refractivity contribution in [3.05, 3.63) is 16.4 Å². The predicted octanol–water partition coefficient (Wildman–Crippen LogP) is 1.41. The molecule has 1 aliphatic heterocycles. The first-order valence-electron chi connectivity index (χ1n) is 7.22. The molecule has 2 atom stereocenters. The summed E-state index contributed by atoms with van der Waals surface area (Å²) in [6.07, 6.45) is 3.95. The van der Waals surface area contributed by atoms with E-state index >= 15 is 0 Å². The van der Waals surface area contributed by atoms with Gasteiger partial charge in [0.15, 0.2) is 0 Å². The van der Waals surface area contributed by atoms with Gasteiger partial charge in [-0.1, -0.05) is 0 Å². The molecule has 1 aliphatic rings. The number of nitrogens with zero attached hydrogens (tertiary/aromatic N) is 3. The van der Waals surface area contributed by atoms with Crippen LogP contribution in [-0.2, 0) is 12.1 Å². The van der Waals surface area contributed by atoms with Gasteiger partial charge in [-0.15, -0.1) is 0 Å². The van der Waals surface area contributed by atoms with Crippen molar-refractivity contribution in [1.82, 2.24) is 20.0 Å². The molecule has 0 aromatic carbocycles. The highest BCUT2D eigenvalue weighted by molar-refractivity contribution is 9.10. The number of aliphatic hydroxyl groups is 1. The Morgan fingerprint density at radius 1 is 1.60 bits per heavy atom. The molecule has 1 aromatic heterocycles. The zero-order valence-corrected chi connectivity index (χ0v) is 14.2. The third-order valence-electron chi connectivity index (χ3n) is 4.13. The molecular weight excluding hydrogens is 320 g/mol. The van der Waals surface area contributed by atoms with Crippen molar-refractivity contribution >= 4 is 15.9 Å². The Balaban J connectivity index is 2.22. The van der Waals surface area contributed by atoms with E-state index in [1.54, 1.807) is 6.20 Å². The first-order chi connectivity index (χ1) is 9.43. The fourth-order valence-corrected chi connectivity index (χ4v) is 3.55. The standard InChI is InChI=1S/C14H25BrN4O/c1-14(20,11-5-4-6-16-9-11)13-12(15)10-17-19(13)8-7-18(2)3/h10-11,16,20H,4-9H2,1-3H3. The number of hydrogen-bond donors (Lipinski definition) is 2. The largest absolute Gasteiger partial charge is 0.383 e. The SMILES string of the molecule is CN(C)CCn1ncc(Br)c1C(C)(O)C1CCCNC1. The minimum Gasteiger partial charge on any atom is -0.383 e. The number of likely N-dealkylation sites (N-methyl/N-ethyl adjacent to an activating group) is 1. The Morgan fingerprint density at radius 3 is 2.95 bits per heavy atom. The van der Waals surface area contributed by atoms with E-state index in [9.17, 15) is 5.11 Å². The number of hydrogen-bond acceptors (Lipinski definition) is 4. The van der Waals surface area contributed by atoms with Gasteiger partial charge in [0.2, 0.25) is 0 Å². The lowest BCUT2D eigenvalue weighted by Gasteiger charge is -2.36. The number of piperidine rings is 1. The summed E-state index contributed by atoms with van der Waals surface area (Å²) < 4.78 is 2.82. The van der Waals surface area contributed by atoms with E-state index < -0.39 is 5.60 Å². The molecule has 1 saturated heterocycles. The van der Waals surface area contributed by atoms with Gasteiger partial charge in [-0.25, -0.2) is 0 Å². The molecule has 0 amide bonds. The maximum Gasteiger partial charge on any atom is 0.109 e. The highest BCUT2D eigenvalue weighted by atomic mass is 79.9. The van der Waals surface area contributed by atoms with Gasteiger partial charge in [-0.3, -0.25) is 4.68 Å². The summed E-state index contributed by atoms with van der Waals surface area (Å²) in [7, 11) is 4.09. The molecular formula is C14H25BrN4O. The van der Waals surface area contributed by atoms with Gasteiger partial charge < -0.3 is 15.3 Å². The van der Waals surface area contributed by atoms with E-state index in [2.05, 4.69) is 31.2 Å². The monoisotopic (exact) mass is 344 g/mol. The van der Waals surface area contributed by atoms with Crippen LogP contribution in [0.15, 0.2) is 10.7 Å². The van der Waals surface area contributed by atoms with Crippen LogP contribution in [-0.4, -0.2) is 53.5 Å². The van der Waals surface area contributed by atoms with Crippen LogP contribution in [0.4, 0.5) is 0 Å². The van der Waals surface area contributed by atoms with Crippen molar-refractivity contribution in [3.8, 4) is 0 Å². The molecule has 2 rings (SSSR count). The Kier molecular flexibility index (Phi) is 5.23. The number of aromatic nitrogens is 2. The molecule has 20 heavy (non-hydrogen) atoms. The molecule has 114 valence electrons. The lowest BCUT2D eigenvalue weighted by Crippen LogP contribution is -2.44. The van der Waals surface area contributed by atoms with Crippen molar-refractivity contribution in [2.45, 2.75) is 31.9 Å². The highest BCUT2D eigenvalue weighted by Crippen LogP contribution is 2.37. The molecule has 0 bridgehead atoms. The Hall–Kier alpha value is -0.430. The van der Waals surface area contributed by atoms with Crippen molar-refractivity contribution in [1.29, 1.82) is 0 Å². The second kappa shape index (κ2) is 6.56. The predicted molar refractivity (Wildman–Crippen MR) is 83.6 cm³/mol. The first-order valence-corrected chi connectivity index (χ1v) is 8.02. The molecule has 0 radical (unpaired) electrons. The average Bonchev–Trinajstić information content (AvgIpc) is 2.79. The van der Waals surface area contributed by atoms with Crippen LogP contribution in [0.25, 0.3) is 0 Å². The van der Waals surface area contributed by atoms with Gasteiger partial charge in [0.25, 0.3) is 0 Å². The molecule has 0 saturated carbocycles. The topological polar surface area (TPSA) is 53.3 Å². The molecule has 0 aliphatic carbocycles. The van der Waals surface area contributed by atoms with Crippen molar-refractivity contribution in [3.63, 3.8) is 0 Å². The van der Waals surface area contributed by atoms with E-state index in [-0.39, 0.29) is 5.92 Å². The van der Waals surface area contributed by atoms with Gasteiger partial charge in [-0.2, -0.15) is 5.10 Å². The minimum absolute atomic E-state index is 0.224. The Morgan fingerprint density at radius 2 is 2.35 bits per heavy atom. The molecule has 1 aromatic rings. The van der Waals surface area contributed by atoms with Crippen LogP contribution in [0.3, 0.4) is 0 Å². The van der Waals surface area contributed by atoms with Crippen LogP contribution in [0.1, 0.15) is 25.5 Å². The smallest absolute Gasteiger partial charge is 0.109 e. The molecule has 0 spiro atoms. The minimum atomic E-state index is -0.866. The summed E-state index contributed by atoms with van der Waals surface area (Å²) in [5, 5.41) is 18.9. The summed E-state index contributed by atoms with van der Waals surface area (Å²) in [6.45, 7) is 5.51. The second-order valence-electron chi connectivity index (χ2n) is 6.06. The van der Waals surface area contributed by atoms with Gasteiger partial charge in [0.05, 0.1) is 22.9 Å². The molecule has 6 heteroatoms. The van der Waals surface area contributed by atoms with E-state index in [1.165, 1.54) is 0 Å². The maximum atomic E-state index is 11.1. The van der Waals surface area contributed by atoms with Crippen molar-refractivity contribution in [2.75, 3.05) is 33.7 Å². The van der Waals surface area contributed by atoms with Crippen LogP contribution in [0.2, 0.25) is 0 Å². The number of halogens is 1. The number of nitrogens with one attached hydrogen (secondary N) is 1. The van der Waals surface area contributed by atoms with Crippen LogP contribution in [0, 0.1) is 5.92 Å². The molecule has 1 fully saturated rings. The number of rotatable bonds is 5. The fraction of sp³-hybridized carbons (Fsp3) is 0.786. The van der Waals surface area contributed by atoms with Gasteiger partial charge in [-0.05, 0) is 56.3 Å². The van der Waals surface area contributed by atoms with Gasteiger partial charge >= 0.3 is 0 Å². The second-order valence-corrected chi connectivity index (χ2v) is 6.91.